The van der Waals surface area contributed by atoms with Gasteiger partial charge in [-0.25, -0.2) is 4.79 Å². The van der Waals surface area contributed by atoms with Crippen LogP contribution in [0, 0.1) is 0 Å². The van der Waals surface area contributed by atoms with E-state index in [1.54, 1.807) is 42.5 Å². The summed E-state index contributed by atoms with van der Waals surface area (Å²) in [6.07, 6.45) is 0. The second kappa shape index (κ2) is 9.38. The Balaban J connectivity index is 1.62. The Kier molecular flexibility index (Phi) is 6.66. The van der Waals surface area contributed by atoms with Crippen molar-refractivity contribution in [1.29, 1.82) is 0 Å². The number of benzene rings is 2. The van der Waals surface area contributed by atoms with E-state index in [1.807, 2.05) is 6.92 Å². The van der Waals surface area contributed by atoms with E-state index in [1.165, 1.54) is 6.07 Å². The number of halogens is 1. The summed E-state index contributed by atoms with van der Waals surface area (Å²) in [7, 11) is 0. The van der Waals surface area contributed by atoms with Gasteiger partial charge in [-0.1, -0.05) is 28.1 Å². The molecular formula is C21H18BrNO6. The molecule has 3 rings (SSSR count). The molecule has 0 unspecified atom stereocenters. The largest absolute Gasteiger partial charge is 0.493 e. The van der Waals surface area contributed by atoms with E-state index in [-0.39, 0.29) is 13.2 Å². The lowest BCUT2D eigenvalue weighted by Crippen LogP contribution is -2.31. The van der Waals surface area contributed by atoms with Crippen molar-refractivity contribution in [2.24, 2.45) is 0 Å². The molecule has 1 amide bonds. The lowest BCUT2D eigenvalue weighted by Gasteiger charge is -2.11. The SMILES string of the molecule is CCOc1ccccc1C(=O)NCC(=O)OCc1cc(=O)oc2cc(Br)ccc12. The van der Waals surface area contributed by atoms with Gasteiger partial charge in [-0.15, -0.1) is 0 Å². The van der Waals surface area contributed by atoms with Crippen molar-refractivity contribution in [2.75, 3.05) is 13.2 Å². The average Bonchev–Trinajstić information content (AvgIpc) is 2.70. The highest BCUT2D eigenvalue weighted by Gasteiger charge is 2.14. The van der Waals surface area contributed by atoms with Crippen LogP contribution in [0.2, 0.25) is 0 Å². The first-order valence-corrected chi connectivity index (χ1v) is 9.65. The summed E-state index contributed by atoms with van der Waals surface area (Å²) in [4.78, 5) is 36.1. The number of fused-ring (bicyclic) bond motifs is 1. The number of hydrogen-bond acceptors (Lipinski definition) is 6. The third-order valence-corrected chi connectivity index (χ3v) is 4.50. The van der Waals surface area contributed by atoms with Crippen LogP contribution in [0.1, 0.15) is 22.8 Å². The number of carbonyl (C=O) groups is 2. The van der Waals surface area contributed by atoms with Crippen LogP contribution in [0.25, 0.3) is 11.0 Å². The van der Waals surface area contributed by atoms with Gasteiger partial charge in [0.25, 0.3) is 5.91 Å². The monoisotopic (exact) mass is 459 g/mol. The van der Waals surface area contributed by atoms with E-state index in [2.05, 4.69) is 21.2 Å². The Bertz CT molecular complexity index is 1110. The molecule has 0 aliphatic heterocycles. The van der Waals surface area contributed by atoms with Crippen LogP contribution in [-0.4, -0.2) is 25.0 Å². The molecule has 0 aliphatic carbocycles. The van der Waals surface area contributed by atoms with E-state index >= 15 is 0 Å². The fourth-order valence-electron chi connectivity index (χ4n) is 2.72. The summed E-state index contributed by atoms with van der Waals surface area (Å²) < 4.78 is 16.5. The molecule has 1 aromatic heterocycles. The van der Waals surface area contributed by atoms with E-state index in [0.717, 1.165) is 4.47 Å². The molecule has 0 bridgehead atoms. The number of nitrogens with one attached hydrogen (secondary N) is 1. The van der Waals surface area contributed by atoms with Gasteiger partial charge >= 0.3 is 11.6 Å². The second-order valence-corrected chi connectivity index (χ2v) is 6.92. The molecule has 0 fully saturated rings. The van der Waals surface area contributed by atoms with Crippen molar-refractivity contribution in [2.45, 2.75) is 13.5 Å². The number of amides is 1. The van der Waals surface area contributed by atoms with Crippen LogP contribution in [0.15, 0.2) is 62.2 Å². The van der Waals surface area contributed by atoms with Crippen LogP contribution in [0.3, 0.4) is 0 Å². The van der Waals surface area contributed by atoms with Crippen molar-refractivity contribution in [3.05, 3.63) is 74.6 Å². The summed E-state index contributed by atoms with van der Waals surface area (Å²) >= 11 is 3.32. The highest BCUT2D eigenvalue weighted by atomic mass is 79.9. The molecule has 0 radical (unpaired) electrons. The lowest BCUT2D eigenvalue weighted by molar-refractivity contribution is -0.143. The van der Waals surface area contributed by atoms with Gasteiger partial charge in [-0.05, 0) is 37.3 Å². The Labute approximate surface area is 174 Å². The lowest BCUT2D eigenvalue weighted by atomic mass is 10.1. The maximum atomic E-state index is 12.3. The molecule has 8 heteroatoms. The molecule has 0 aliphatic rings. The summed E-state index contributed by atoms with van der Waals surface area (Å²) in [6.45, 7) is 1.80. The molecule has 0 atom stereocenters. The van der Waals surface area contributed by atoms with E-state index < -0.39 is 17.5 Å². The minimum Gasteiger partial charge on any atom is -0.493 e. The molecular weight excluding hydrogens is 442 g/mol. The fourth-order valence-corrected chi connectivity index (χ4v) is 3.06. The van der Waals surface area contributed by atoms with Crippen molar-refractivity contribution in [3.8, 4) is 5.75 Å². The highest BCUT2D eigenvalue weighted by molar-refractivity contribution is 9.10. The molecule has 0 saturated carbocycles. The Morgan fingerprint density at radius 1 is 1.14 bits per heavy atom. The van der Waals surface area contributed by atoms with E-state index in [0.29, 0.717) is 34.5 Å². The minimum absolute atomic E-state index is 0.117. The van der Waals surface area contributed by atoms with E-state index in [4.69, 9.17) is 13.9 Å². The maximum absolute atomic E-state index is 12.3. The van der Waals surface area contributed by atoms with Gasteiger partial charge in [0.2, 0.25) is 0 Å². The second-order valence-electron chi connectivity index (χ2n) is 6.00. The number of esters is 1. The third-order valence-electron chi connectivity index (χ3n) is 4.01. The van der Waals surface area contributed by atoms with Crippen molar-refractivity contribution >= 4 is 38.8 Å². The quantitative estimate of drug-likeness (QED) is 0.429. The van der Waals surface area contributed by atoms with E-state index in [9.17, 15) is 14.4 Å². The smallest absolute Gasteiger partial charge is 0.336 e. The number of carbonyl (C=O) groups excluding carboxylic acids is 2. The van der Waals surface area contributed by atoms with Gasteiger partial charge in [-0.2, -0.15) is 0 Å². The van der Waals surface area contributed by atoms with Crippen molar-refractivity contribution in [1.82, 2.24) is 5.32 Å². The van der Waals surface area contributed by atoms with Gasteiger partial charge in [0.1, 0.15) is 24.5 Å². The molecule has 0 saturated heterocycles. The minimum atomic E-state index is -0.634. The topological polar surface area (TPSA) is 94.8 Å². The number of para-hydroxylation sites is 1. The first kappa shape index (κ1) is 20.6. The summed E-state index contributed by atoms with van der Waals surface area (Å²) in [5.74, 6) is -0.637. The normalized spacial score (nSPS) is 10.6. The van der Waals surface area contributed by atoms with Gasteiger partial charge in [0.05, 0.1) is 12.2 Å². The zero-order valence-electron chi connectivity index (χ0n) is 15.6. The van der Waals surface area contributed by atoms with Crippen LogP contribution in [-0.2, 0) is 16.1 Å². The molecule has 1 heterocycles. The first-order chi connectivity index (χ1) is 14.0. The highest BCUT2D eigenvalue weighted by Crippen LogP contribution is 2.22. The van der Waals surface area contributed by atoms with Crippen LogP contribution >= 0.6 is 15.9 Å². The standard InChI is InChI=1S/C21H18BrNO6/c1-2-27-17-6-4-3-5-16(17)21(26)23-11-20(25)28-12-13-9-19(24)29-18-10-14(22)7-8-15(13)18/h3-10H,2,11-12H2,1H3,(H,23,26). The third kappa shape index (κ3) is 5.23. The molecule has 7 nitrogen and oxygen atoms in total. The predicted octanol–water partition coefficient (Wildman–Crippen LogP) is 3.43. The molecule has 1 N–H and O–H groups in total. The van der Waals surface area contributed by atoms with Crippen molar-refractivity contribution in [3.63, 3.8) is 0 Å². The van der Waals surface area contributed by atoms with Crippen LogP contribution < -0.4 is 15.7 Å². The summed E-state index contributed by atoms with van der Waals surface area (Å²) in [6, 6.07) is 13.3. The van der Waals surface area contributed by atoms with Gasteiger partial charge in [0, 0.05) is 21.5 Å². The molecule has 150 valence electrons. The molecule has 3 aromatic rings. The zero-order chi connectivity index (χ0) is 20.8. The predicted molar refractivity (Wildman–Crippen MR) is 110 cm³/mol. The van der Waals surface area contributed by atoms with Crippen molar-refractivity contribution < 1.29 is 23.5 Å². The number of rotatable bonds is 7. The van der Waals surface area contributed by atoms with Crippen LogP contribution in [0.4, 0.5) is 0 Å². The Hall–Kier alpha value is -3.13. The first-order valence-electron chi connectivity index (χ1n) is 8.86. The molecule has 29 heavy (non-hydrogen) atoms. The summed E-state index contributed by atoms with van der Waals surface area (Å²) in [5.41, 5.74) is 0.700. The Morgan fingerprint density at radius 2 is 1.93 bits per heavy atom. The molecule has 0 spiro atoms. The number of ether oxygens (including phenoxy) is 2. The van der Waals surface area contributed by atoms with Gasteiger partial charge in [0.15, 0.2) is 0 Å². The average molecular weight is 460 g/mol. The fraction of sp³-hybridized carbons (Fsp3) is 0.190. The maximum Gasteiger partial charge on any atom is 0.336 e. The molecule has 2 aromatic carbocycles. The zero-order valence-corrected chi connectivity index (χ0v) is 17.2. The summed E-state index contributed by atoms with van der Waals surface area (Å²) in [5, 5.41) is 3.17. The van der Waals surface area contributed by atoms with Gasteiger partial charge in [-0.3, -0.25) is 9.59 Å². The number of hydrogen-bond donors (Lipinski definition) is 1. The van der Waals surface area contributed by atoms with Crippen LogP contribution in [0.5, 0.6) is 5.75 Å². The Morgan fingerprint density at radius 3 is 2.72 bits per heavy atom. The van der Waals surface area contributed by atoms with Gasteiger partial charge < -0.3 is 19.2 Å².